The second kappa shape index (κ2) is 9.33. The first kappa shape index (κ1) is 22.3. The van der Waals surface area contributed by atoms with Crippen molar-refractivity contribution in [1.29, 1.82) is 0 Å². The molecule has 0 aliphatic carbocycles. The molecule has 0 aliphatic rings. The summed E-state index contributed by atoms with van der Waals surface area (Å²) in [6.45, 7) is 0. The minimum atomic E-state index is -3.75. The number of aromatic nitrogens is 1. The number of nitrogens with one attached hydrogen (secondary N) is 1. The van der Waals surface area contributed by atoms with Crippen LogP contribution in [0.5, 0.6) is 11.7 Å². The third-order valence-corrected chi connectivity index (χ3v) is 6.77. The largest absolute Gasteiger partial charge is 0.426 e. The van der Waals surface area contributed by atoms with Crippen molar-refractivity contribution in [2.24, 2.45) is 0 Å². The summed E-state index contributed by atoms with van der Waals surface area (Å²) in [5, 5.41) is 2.76. The number of nitrogens with zero attached hydrogens (tertiary/aromatic N) is 1. The molecule has 0 bridgehead atoms. The molecular formula is C21H14Cl2N2O5S2. The molecule has 1 N–H and O–H groups in total. The van der Waals surface area contributed by atoms with Crippen molar-refractivity contribution < 1.29 is 22.4 Å². The van der Waals surface area contributed by atoms with Crippen LogP contribution in [0.25, 0.3) is 0 Å². The second-order valence-corrected chi connectivity index (χ2v) is 9.96. The fourth-order valence-corrected chi connectivity index (χ4v) is 5.03. The predicted octanol–water partition coefficient (Wildman–Crippen LogP) is 6.06. The van der Waals surface area contributed by atoms with Crippen LogP contribution >= 0.6 is 34.5 Å². The lowest BCUT2D eigenvalue weighted by Crippen LogP contribution is -2.12. The van der Waals surface area contributed by atoms with Gasteiger partial charge < -0.3 is 9.15 Å². The van der Waals surface area contributed by atoms with Crippen LogP contribution in [-0.4, -0.2) is 19.2 Å². The Morgan fingerprint density at radius 2 is 1.78 bits per heavy atom. The van der Waals surface area contributed by atoms with Crippen LogP contribution in [0, 0.1) is 0 Å². The Bertz CT molecular complexity index is 1330. The number of benzene rings is 2. The monoisotopic (exact) mass is 508 g/mol. The molecule has 164 valence electrons. The first-order chi connectivity index (χ1) is 15.3. The first-order valence-electron chi connectivity index (χ1n) is 9.07. The van der Waals surface area contributed by atoms with Crippen LogP contribution in [-0.2, 0) is 16.4 Å². The van der Waals surface area contributed by atoms with Crippen molar-refractivity contribution in [3.05, 3.63) is 87.5 Å². The van der Waals surface area contributed by atoms with Gasteiger partial charge in [-0.2, -0.15) is 0 Å². The van der Waals surface area contributed by atoms with Crippen LogP contribution in [0.1, 0.15) is 16.1 Å². The van der Waals surface area contributed by atoms with E-state index in [0.29, 0.717) is 21.4 Å². The van der Waals surface area contributed by atoms with Crippen molar-refractivity contribution in [2.45, 2.75) is 11.3 Å². The number of carbonyl (C=O) groups is 1. The lowest BCUT2D eigenvalue weighted by Gasteiger charge is -2.06. The fourth-order valence-electron chi connectivity index (χ4n) is 2.74. The molecular weight excluding hydrogens is 495 g/mol. The van der Waals surface area contributed by atoms with E-state index in [1.165, 1.54) is 41.8 Å². The molecule has 4 aromatic rings. The molecule has 7 nitrogen and oxygen atoms in total. The molecule has 0 aliphatic heterocycles. The Labute approximate surface area is 197 Å². The Morgan fingerprint density at radius 3 is 2.44 bits per heavy atom. The maximum absolute atomic E-state index is 12.6. The lowest BCUT2D eigenvalue weighted by atomic mass is 10.1. The van der Waals surface area contributed by atoms with Crippen LogP contribution in [0.4, 0.5) is 5.13 Å². The Morgan fingerprint density at radius 1 is 1.06 bits per heavy atom. The van der Waals surface area contributed by atoms with Gasteiger partial charge in [0.05, 0.1) is 4.90 Å². The van der Waals surface area contributed by atoms with Gasteiger partial charge in [-0.15, -0.1) is 11.3 Å². The average Bonchev–Trinajstić information content (AvgIpc) is 3.39. The summed E-state index contributed by atoms with van der Waals surface area (Å²) >= 11 is 13.1. The average molecular weight is 509 g/mol. The molecule has 0 saturated heterocycles. The molecule has 0 atom stereocenters. The molecule has 11 heteroatoms. The highest BCUT2D eigenvalue weighted by atomic mass is 35.5. The molecule has 0 radical (unpaired) electrons. The van der Waals surface area contributed by atoms with Crippen molar-refractivity contribution in [3.8, 4) is 11.7 Å². The molecule has 2 aromatic heterocycles. The number of Topliss-reactive ketones (excluding diaryl/α,β-unsaturated/α-hetero) is 1. The van der Waals surface area contributed by atoms with E-state index >= 15 is 0 Å². The third-order valence-electron chi connectivity index (χ3n) is 4.16. The second-order valence-electron chi connectivity index (χ2n) is 6.51. The highest BCUT2D eigenvalue weighted by Gasteiger charge is 2.17. The van der Waals surface area contributed by atoms with Gasteiger partial charge in [0.2, 0.25) is 5.78 Å². The summed E-state index contributed by atoms with van der Waals surface area (Å²) in [5.74, 6) is 0.302. The molecule has 32 heavy (non-hydrogen) atoms. The van der Waals surface area contributed by atoms with E-state index in [1.54, 1.807) is 35.7 Å². The van der Waals surface area contributed by atoms with Crippen LogP contribution in [0.3, 0.4) is 0 Å². The Balaban J connectivity index is 1.41. The van der Waals surface area contributed by atoms with Crippen LogP contribution < -0.4 is 9.46 Å². The van der Waals surface area contributed by atoms with Gasteiger partial charge in [-0.05, 0) is 42.0 Å². The molecule has 0 saturated carbocycles. The molecule has 0 unspecified atom stereocenters. The zero-order valence-electron chi connectivity index (χ0n) is 16.1. The van der Waals surface area contributed by atoms with E-state index in [2.05, 4.69) is 9.71 Å². The van der Waals surface area contributed by atoms with Gasteiger partial charge in [-0.3, -0.25) is 9.52 Å². The standard InChI is InChI=1S/C21H14Cl2N2O5S2/c22-14-10-15(23)12-16(11-14)29-20-6-5-19(30-20)18(26)9-13-1-3-17(4-2-13)32(27,28)25-21-24-7-8-31-21/h1-8,10-12H,9H2,(H,24,25). The summed E-state index contributed by atoms with van der Waals surface area (Å²) in [6.07, 6.45) is 1.53. The van der Waals surface area contributed by atoms with Crippen LogP contribution in [0.15, 0.2) is 75.5 Å². The van der Waals surface area contributed by atoms with E-state index in [1.807, 2.05) is 0 Å². The summed E-state index contributed by atoms with van der Waals surface area (Å²) in [7, 11) is -3.75. The van der Waals surface area contributed by atoms with Gasteiger partial charge in [0, 0.05) is 34.1 Å². The number of hydrogen-bond acceptors (Lipinski definition) is 7. The van der Waals surface area contributed by atoms with Crippen molar-refractivity contribution in [2.75, 3.05) is 4.72 Å². The topological polar surface area (TPSA) is 98.5 Å². The fraction of sp³-hybridized carbons (Fsp3) is 0.0476. The molecule has 0 fully saturated rings. The number of ether oxygens (including phenoxy) is 1. The van der Waals surface area contributed by atoms with E-state index in [9.17, 15) is 13.2 Å². The summed E-state index contributed by atoms with van der Waals surface area (Å²) < 4.78 is 38.2. The molecule has 0 spiro atoms. The SMILES string of the molecule is O=C(Cc1ccc(S(=O)(=O)Nc2nccs2)cc1)c1ccc(Oc2cc(Cl)cc(Cl)c2)o1. The first-order valence-corrected chi connectivity index (χ1v) is 12.2. The lowest BCUT2D eigenvalue weighted by molar-refractivity contribution is 0.0961. The van der Waals surface area contributed by atoms with Crippen molar-refractivity contribution in [3.63, 3.8) is 0 Å². The van der Waals surface area contributed by atoms with Crippen LogP contribution in [0.2, 0.25) is 10.0 Å². The number of furan rings is 1. The normalized spacial score (nSPS) is 11.3. The van der Waals surface area contributed by atoms with E-state index in [-0.39, 0.29) is 33.9 Å². The highest BCUT2D eigenvalue weighted by molar-refractivity contribution is 7.93. The van der Waals surface area contributed by atoms with Gasteiger partial charge in [0.15, 0.2) is 10.9 Å². The predicted molar refractivity (Wildman–Crippen MR) is 123 cm³/mol. The zero-order chi connectivity index (χ0) is 22.7. The van der Waals surface area contributed by atoms with Gasteiger partial charge in [0.1, 0.15) is 5.75 Å². The number of thiazole rings is 1. The summed E-state index contributed by atoms with van der Waals surface area (Å²) in [4.78, 5) is 16.5. The van der Waals surface area contributed by atoms with E-state index in [4.69, 9.17) is 32.4 Å². The number of halogens is 2. The van der Waals surface area contributed by atoms with Gasteiger partial charge in [0.25, 0.3) is 16.0 Å². The van der Waals surface area contributed by atoms with Gasteiger partial charge in [-0.25, -0.2) is 13.4 Å². The minimum absolute atomic E-state index is 0.0240. The molecule has 2 heterocycles. The third kappa shape index (κ3) is 5.49. The van der Waals surface area contributed by atoms with Gasteiger partial charge in [-0.1, -0.05) is 35.3 Å². The number of carbonyl (C=O) groups excluding carboxylic acids is 1. The molecule has 4 rings (SSSR count). The smallest absolute Gasteiger partial charge is 0.290 e. The number of anilines is 1. The maximum Gasteiger partial charge on any atom is 0.290 e. The number of rotatable bonds is 8. The Hall–Kier alpha value is -2.85. The quantitative estimate of drug-likeness (QED) is 0.290. The maximum atomic E-state index is 12.6. The van der Waals surface area contributed by atoms with Gasteiger partial charge >= 0.3 is 0 Å². The molecule has 2 aromatic carbocycles. The zero-order valence-corrected chi connectivity index (χ0v) is 19.3. The molecule has 0 amide bonds. The summed E-state index contributed by atoms with van der Waals surface area (Å²) in [5.41, 5.74) is 0.628. The number of hydrogen-bond donors (Lipinski definition) is 1. The highest BCUT2D eigenvalue weighted by Crippen LogP contribution is 2.29. The number of sulfonamides is 1. The number of ketones is 1. The van der Waals surface area contributed by atoms with E-state index < -0.39 is 10.0 Å². The van der Waals surface area contributed by atoms with Crippen molar-refractivity contribution in [1.82, 2.24) is 4.98 Å². The minimum Gasteiger partial charge on any atom is -0.426 e. The van der Waals surface area contributed by atoms with Crippen molar-refractivity contribution >= 4 is 55.5 Å². The Kier molecular flexibility index (Phi) is 6.52. The van der Waals surface area contributed by atoms with E-state index in [0.717, 1.165) is 0 Å². The summed E-state index contributed by atoms with van der Waals surface area (Å²) in [6, 6.07) is 13.7.